The fourth-order valence-electron chi connectivity index (χ4n) is 1.49. The Morgan fingerprint density at radius 3 is 2.71 bits per heavy atom. The second-order valence-corrected chi connectivity index (χ2v) is 3.29. The van der Waals surface area contributed by atoms with Gasteiger partial charge in [0.25, 0.3) is 0 Å². The van der Waals surface area contributed by atoms with Crippen molar-refractivity contribution in [3.05, 3.63) is 28.8 Å². The molecule has 2 heterocycles. The van der Waals surface area contributed by atoms with Gasteiger partial charge in [0.05, 0.1) is 4.92 Å². The van der Waals surface area contributed by atoms with Crippen LogP contribution in [0.2, 0.25) is 0 Å². The summed E-state index contributed by atoms with van der Waals surface area (Å²) in [6, 6.07) is 0. The number of imidazole rings is 1. The van der Waals surface area contributed by atoms with E-state index in [0.29, 0.717) is 5.82 Å². The highest BCUT2D eigenvalue weighted by Crippen LogP contribution is 2.30. The minimum Gasteiger partial charge on any atom is -0.367 e. The number of aromatic nitrogens is 4. The van der Waals surface area contributed by atoms with Crippen molar-refractivity contribution in [1.82, 2.24) is 19.5 Å². The molecule has 1 N–H and O–H groups in total. The third kappa shape index (κ3) is 1.80. The van der Waals surface area contributed by atoms with E-state index >= 15 is 0 Å². The number of nitrogens with zero attached hydrogens (tertiary/aromatic N) is 5. The monoisotopic (exact) mass is 234 g/mol. The Labute approximate surface area is 96.5 Å². The molecule has 0 aliphatic heterocycles. The molecule has 0 bridgehead atoms. The van der Waals surface area contributed by atoms with E-state index in [4.69, 9.17) is 0 Å². The van der Waals surface area contributed by atoms with E-state index in [0.717, 1.165) is 0 Å². The van der Waals surface area contributed by atoms with E-state index in [1.807, 2.05) is 0 Å². The topological polar surface area (TPSA) is 98.8 Å². The average Bonchev–Trinajstić information content (AvgIpc) is 2.74. The smallest absolute Gasteiger partial charge is 0.340 e. The van der Waals surface area contributed by atoms with Crippen molar-refractivity contribution in [2.45, 2.75) is 0 Å². The first kappa shape index (κ1) is 11.0. The molecule has 2 rings (SSSR count). The van der Waals surface area contributed by atoms with Crippen LogP contribution in [0.5, 0.6) is 0 Å². The first-order chi connectivity index (χ1) is 8.15. The van der Waals surface area contributed by atoms with E-state index < -0.39 is 4.92 Å². The summed E-state index contributed by atoms with van der Waals surface area (Å²) in [5.41, 5.74) is 0.0196. The maximum absolute atomic E-state index is 11.1. The number of anilines is 1. The fourth-order valence-corrected chi connectivity index (χ4v) is 1.49. The van der Waals surface area contributed by atoms with Crippen LogP contribution >= 0.6 is 0 Å². The number of hydrogen-bond donors (Lipinski definition) is 1. The summed E-state index contributed by atoms with van der Waals surface area (Å²) in [6.45, 7) is 0. The molecule has 0 aromatic carbocycles. The molecule has 88 valence electrons. The zero-order chi connectivity index (χ0) is 12.4. The second kappa shape index (κ2) is 4.16. The average molecular weight is 234 g/mol. The van der Waals surface area contributed by atoms with E-state index in [9.17, 15) is 10.1 Å². The lowest BCUT2D eigenvalue weighted by molar-refractivity contribution is -0.383. The number of hydrogen-bond acceptors (Lipinski definition) is 6. The van der Waals surface area contributed by atoms with Crippen LogP contribution < -0.4 is 5.32 Å². The van der Waals surface area contributed by atoms with Crippen LogP contribution in [0, 0.1) is 10.1 Å². The van der Waals surface area contributed by atoms with Gasteiger partial charge in [-0.1, -0.05) is 0 Å². The van der Waals surface area contributed by atoms with Gasteiger partial charge < -0.3 is 9.88 Å². The highest BCUT2D eigenvalue weighted by Gasteiger charge is 2.25. The van der Waals surface area contributed by atoms with Crippen LogP contribution in [0.15, 0.2) is 18.7 Å². The molecule has 0 aliphatic carbocycles. The standard InChI is InChI=1S/C9H10N6O2/c1-10-8-7(15(16)17)6(12-5-13-8)9-11-3-4-14(9)2/h3-5H,1-2H3,(H,10,12,13). The van der Waals surface area contributed by atoms with Crippen LogP contribution in [0.4, 0.5) is 11.5 Å². The zero-order valence-electron chi connectivity index (χ0n) is 9.28. The van der Waals surface area contributed by atoms with E-state index in [-0.39, 0.29) is 17.2 Å². The Bertz CT molecular complexity index is 564. The highest BCUT2D eigenvalue weighted by atomic mass is 16.6. The van der Waals surface area contributed by atoms with Crippen LogP contribution in [0.25, 0.3) is 11.5 Å². The minimum absolute atomic E-state index is 0.169. The van der Waals surface area contributed by atoms with Crippen molar-refractivity contribution < 1.29 is 4.92 Å². The summed E-state index contributed by atoms with van der Waals surface area (Å²) in [6.07, 6.45) is 4.52. The molecule has 17 heavy (non-hydrogen) atoms. The summed E-state index contributed by atoms with van der Waals surface area (Å²) in [7, 11) is 3.31. The van der Waals surface area contributed by atoms with Gasteiger partial charge in [-0.25, -0.2) is 15.0 Å². The molecule has 2 aromatic heterocycles. The maximum atomic E-state index is 11.1. The number of rotatable bonds is 3. The van der Waals surface area contributed by atoms with Gasteiger partial charge in [-0.05, 0) is 0 Å². The molecule has 8 nitrogen and oxygen atoms in total. The van der Waals surface area contributed by atoms with Gasteiger partial charge in [0.2, 0.25) is 5.82 Å². The molecule has 8 heteroatoms. The summed E-state index contributed by atoms with van der Waals surface area (Å²) in [5, 5.41) is 13.7. The first-order valence-corrected chi connectivity index (χ1v) is 4.80. The summed E-state index contributed by atoms with van der Waals surface area (Å²) >= 11 is 0. The van der Waals surface area contributed by atoms with Crippen molar-refractivity contribution in [2.75, 3.05) is 12.4 Å². The van der Waals surface area contributed by atoms with Gasteiger partial charge in [-0.15, -0.1) is 0 Å². The molecule has 0 spiro atoms. The Morgan fingerprint density at radius 2 is 2.18 bits per heavy atom. The van der Waals surface area contributed by atoms with E-state index in [1.165, 1.54) is 6.33 Å². The summed E-state index contributed by atoms with van der Waals surface area (Å²) < 4.78 is 1.66. The molecule has 0 saturated carbocycles. The first-order valence-electron chi connectivity index (χ1n) is 4.80. The quantitative estimate of drug-likeness (QED) is 0.623. The van der Waals surface area contributed by atoms with Crippen molar-refractivity contribution >= 4 is 11.5 Å². The Kier molecular flexibility index (Phi) is 2.69. The molecule has 0 aliphatic rings. The van der Waals surface area contributed by atoms with Gasteiger partial charge in [0, 0.05) is 26.5 Å². The van der Waals surface area contributed by atoms with Crippen molar-refractivity contribution in [3.8, 4) is 11.5 Å². The molecule has 0 amide bonds. The number of nitrogens with one attached hydrogen (secondary N) is 1. The highest BCUT2D eigenvalue weighted by molar-refractivity contribution is 5.72. The lowest BCUT2D eigenvalue weighted by Gasteiger charge is -2.05. The molecule has 0 fully saturated rings. The SMILES string of the molecule is CNc1ncnc(-c2nccn2C)c1[N+](=O)[O-]. The molecular weight excluding hydrogens is 224 g/mol. The predicted molar refractivity (Wildman–Crippen MR) is 60.4 cm³/mol. The van der Waals surface area contributed by atoms with Gasteiger partial charge in [-0.3, -0.25) is 10.1 Å². The lowest BCUT2D eigenvalue weighted by Crippen LogP contribution is -2.05. The second-order valence-electron chi connectivity index (χ2n) is 3.29. The number of aryl methyl sites for hydroxylation is 1. The Balaban J connectivity index is 2.70. The van der Waals surface area contributed by atoms with Gasteiger partial charge in [-0.2, -0.15) is 0 Å². The molecular formula is C9H10N6O2. The van der Waals surface area contributed by atoms with Crippen LogP contribution in [0.1, 0.15) is 0 Å². The largest absolute Gasteiger partial charge is 0.367 e. The Hall–Kier alpha value is -2.51. The molecule has 2 aromatic rings. The van der Waals surface area contributed by atoms with Crippen LogP contribution in [0.3, 0.4) is 0 Å². The third-order valence-electron chi connectivity index (χ3n) is 2.27. The number of nitro groups is 1. The fraction of sp³-hybridized carbons (Fsp3) is 0.222. The van der Waals surface area contributed by atoms with Crippen molar-refractivity contribution in [1.29, 1.82) is 0 Å². The summed E-state index contributed by atoms with van der Waals surface area (Å²) in [5.74, 6) is 0.596. The van der Waals surface area contributed by atoms with Gasteiger partial charge >= 0.3 is 5.69 Å². The normalized spacial score (nSPS) is 10.2. The lowest BCUT2D eigenvalue weighted by atomic mass is 10.3. The van der Waals surface area contributed by atoms with Gasteiger partial charge in [0.15, 0.2) is 11.5 Å². The van der Waals surface area contributed by atoms with Crippen LogP contribution in [-0.2, 0) is 7.05 Å². The predicted octanol–water partition coefficient (Wildman–Crippen LogP) is 0.827. The molecule has 0 atom stereocenters. The van der Waals surface area contributed by atoms with Crippen LogP contribution in [-0.4, -0.2) is 31.5 Å². The Morgan fingerprint density at radius 1 is 1.41 bits per heavy atom. The summed E-state index contributed by atoms with van der Waals surface area (Å²) in [4.78, 5) is 22.3. The zero-order valence-corrected chi connectivity index (χ0v) is 9.28. The van der Waals surface area contributed by atoms with Gasteiger partial charge in [0.1, 0.15) is 6.33 Å². The van der Waals surface area contributed by atoms with Crippen molar-refractivity contribution in [2.24, 2.45) is 7.05 Å². The third-order valence-corrected chi connectivity index (χ3v) is 2.27. The molecule has 0 saturated heterocycles. The molecule has 0 unspecified atom stereocenters. The molecule has 0 radical (unpaired) electrons. The van der Waals surface area contributed by atoms with E-state index in [1.54, 1.807) is 31.1 Å². The van der Waals surface area contributed by atoms with E-state index in [2.05, 4.69) is 20.3 Å². The van der Waals surface area contributed by atoms with Crippen molar-refractivity contribution in [3.63, 3.8) is 0 Å². The maximum Gasteiger partial charge on any atom is 0.340 e. The minimum atomic E-state index is -0.518.